The van der Waals surface area contributed by atoms with Crippen molar-refractivity contribution in [3.8, 4) is 0 Å². The summed E-state index contributed by atoms with van der Waals surface area (Å²) in [5.74, 6) is -0.575. The summed E-state index contributed by atoms with van der Waals surface area (Å²) in [5, 5.41) is 9.60. The van der Waals surface area contributed by atoms with E-state index >= 15 is 0 Å². The fourth-order valence-corrected chi connectivity index (χ4v) is 7.02. The van der Waals surface area contributed by atoms with Crippen LogP contribution in [0.25, 0.3) is 0 Å². The average molecular weight is 735 g/mol. The Morgan fingerprint density at radius 3 is 1.04 bits per heavy atom. The van der Waals surface area contributed by atoms with E-state index in [0.29, 0.717) is 12.8 Å². The van der Waals surface area contributed by atoms with Crippen LogP contribution in [0.5, 0.6) is 0 Å². The lowest BCUT2D eigenvalue weighted by Crippen LogP contribution is -2.28. The van der Waals surface area contributed by atoms with E-state index in [1.54, 1.807) is 0 Å². The first-order chi connectivity index (χ1) is 25.6. The number of unbranched alkanes of at least 4 members (excludes halogenated alkanes) is 33. The molecule has 0 aromatic rings. The molecular weight excluding hydrogens is 645 g/mol. The van der Waals surface area contributed by atoms with Gasteiger partial charge in [0.2, 0.25) is 0 Å². The number of aliphatic hydroxyl groups is 1. The van der Waals surface area contributed by atoms with Crippen LogP contribution in [0.3, 0.4) is 0 Å². The summed E-state index contributed by atoms with van der Waals surface area (Å²) in [4.78, 5) is 24.4. The predicted molar refractivity (Wildman–Crippen MR) is 224 cm³/mol. The highest BCUT2D eigenvalue weighted by atomic mass is 16.6. The molecule has 1 atom stereocenters. The zero-order chi connectivity index (χ0) is 37.8. The summed E-state index contributed by atoms with van der Waals surface area (Å²) < 4.78 is 10.7. The molecule has 5 nitrogen and oxygen atoms in total. The van der Waals surface area contributed by atoms with E-state index in [1.165, 1.54) is 199 Å². The molecule has 0 amide bonds. The normalized spacial score (nSPS) is 12.1. The quantitative estimate of drug-likeness (QED) is 0.0383. The molecular formula is C47H90O5. The van der Waals surface area contributed by atoms with Gasteiger partial charge in [-0.15, -0.1) is 0 Å². The first kappa shape index (κ1) is 50.6. The van der Waals surface area contributed by atoms with Gasteiger partial charge in [-0.25, -0.2) is 0 Å². The van der Waals surface area contributed by atoms with Gasteiger partial charge in [-0.3, -0.25) is 9.59 Å². The Hall–Kier alpha value is -1.36. The maximum Gasteiger partial charge on any atom is 0.306 e. The summed E-state index contributed by atoms with van der Waals surface area (Å²) in [5.41, 5.74) is 0. The van der Waals surface area contributed by atoms with Crippen molar-refractivity contribution < 1.29 is 24.2 Å². The minimum Gasteiger partial charge on any atom is -0.462 e. The third-order valence-corrected chi connectivity index (χ3v) is 10.6. The molecule has 0 fully saturated rings. The largest absolute Gasteiger partial charge is 0.462 e. The molecule has 0 radical (unpaired) electrons. The van der Waals surface area contributed by atoms with Gasteiger partial charge in [0.25, 0.3) is 0 Å². The molecule has 0 spiro atoms. The zero-order valence-corrected chi connectivity index (χ0v) is 35.1. The molecule has 1 N–H and O–H groups in total. The summed E-state index contributed by atoms with van der Waals surface area (Å²) in [6, 6.07) is 0. The van der Waals surface area contributed by atoms with Crippen LogP contribution in [-0.4, -0.2) is 36.4 Å². The number of hydrogen-bond donors (Lipinski definition) is 1. The van der Waals surface area contributed by atoms with E-state index < -0.39 is 6.10 Å². The van der Waals surface area contributed by atoms with Crippen molar-refractivity contribution in [3.05, 3.63) is 12.2 Å². The predicted octanol–water partition coefficient (Wildman–Crippen LogP) is 14.9. The minimum absolute atomic E-state index is 0.0591. The Balaban J connectivity index is 3.47. The van der Waals surface area contributed by atoms with Crippen molar-refractivity contribution in [2.24, 2.45) is 0 Å². The monoisotopic (exact) mass is 735 g/mol. The molecule has 0 saturated carbocycles. The van der Waals surface area contributed by atoms with Crippen LogP contribution in [0.1, 0.15) is 258 Å². The molecule has 0 aliphatic heterocycles. The maximum atomic E-state index is 12.2. The second kappa shape index (κ2) is 44.0. The number of aliphatic hydroxyl groups excluding tert-OH is 1. The highest BCUT2D eigenvalue weighted by molar-refractivity contribution is 5.70. The second-order valence-corrected chi connectivity index (χ2v) is 15.8. The van der Waals surface area contributed by atoms with Crippen molar-refractivity contribution in [2.45, 2.75) is 264 Å². The van der Waals surface area contributed by atoms with E-state index in [4.69, 9.17) is 9.47 Å². The van der Waals surface area contributed by atoms with Crippen molar-refractivity contribution in [1.82, 2.24) is 0 Å². The molecule has 308 valence electrons. The van der Waals surface area contributed by atoms with Gasteiger partial charge in [0.15, 0.2) is 6.10 Å². The summed E-state index contributed by atoms with van der Waals surface area (Å²) in [6.07, 6.45) is 51.5. The van der Waals surface area contributed by atoms with Gasteiger partial charge < -0.3 is 14.6 Å². The van der Waals surface area contributed by atoms with Gasteiger partial charge in [-0.2, -0.15) is 0 Å². The smallest absolute Gasteiger partial charge is 0.306 e. The third kappa shape index (κ3) is 41.4. The number of ether oxygens (including phenoxy) is 2. The maximum absolute atomic E-state index is 12.2. The molecule has 0 unspecified atom stereocenters. The lowest BCUT2D eigenvalue weighted by molar-refractivity contribution is -0.161. The molecule has 52 heavy (non-hydrogen) atoms. The van der Waals surface area contributed by atoms with Crippen molar-refractivity contribution in [3.63, 3.8) is 0 Å². The second-order valence-electron chi connectivity index (χ2n) is 15.8. The number of carbonyl (C=O) groups is 2. The Kier molecular flexibility index (Phi) is 42.9. The van der Waals surface area contributed by atoms with Crippen LogP contribution in [0, 0.1) is 0 Å². The van der Waals surface area contributed by atoms with Gasteiger partial charge in [0.1, 0.15) is 6.61 Å². The van der Waals surface area contributed by atoms with Gasteiger partial charge in [-0.05, 0) is 38.5 Å². The van der Waals surface area contributed by atoms with E-state index in [0.717, 1.165) is 32.1 Å². The SMILES string of the molecule is CCCCCCCCC=CCCCCCCCCCCCCCC(=O)O[C@@H](CO)COC(=O)CCCCCCCCCCCCCCCCCCC. The Morgan fingerprint density at radius 2 is 0.712 bits per heavy atom. The fourth-order valence-electron chi connectivity index (χ4n) is 7.02. The van der Waals surface area contributed by atoms with E-state index in [-0.39, 0.29) is 25.2 Å². The summed E-state index contributed by atoms with van der Waals surface area (Å²) in [6.45, 7) is 4.17. The molecule has 5 heteroatoms. The Bertz CT molecular complexity index is 750. The molecule has 0 aromatic heterocycles. The topological polar surface area (TPSA) is 72.8 Å². The highest BCUT2D eigenvalue weighted by Gasteiger charge is 2.16. The Morgan fingerprint density at radius 1 is 0.423 bits per heavy atom. The molecule has 0 rings (SSSR count). The highest BCUT2D eigenvalue weighted by Crippen LogP contribution is 2.16. The lowest BCUT2D eigenvalue weighted by Gasteiger charge is -2.15. The number of rotatable bonds is 43. The summed E-state index contributed by atoms with van der Waals surface area (Å²) >= 11 is 0. The average Bonchev–Trinajstić information content (AvgIpc) is 3.15. The van der Waals surface area contributed by atoms with E-state index in [1.807, 2.05) is 0 Å². The molecule has 0 heterocycles. The lowest BCUT2D eigenvalue weighted by atomic mass is 10.0. The van der Waals surface area contributed by atoms with Crippen LogP contribution in [0.15, 0.2) is 12.2 Å². The number of carbonyl (C=O) groups excluding carboxylic acids is 2. The summed E-state index contributed by atoms with van der Waals surface area (Å²) in [7, 11) is 0. The van der Waals surface area contributed by atoms with Crippen molar-refractivity contribution in [1.29, 1.82) is 0 Å². The first-order valence-corrected chi connectivity index (χ1v) is 23.2. The van der Waals surface area contributed by atoms with Crippen LogP contribution >= 0.6 is 0 Å². The van der Waals surface area contributed by atoms with Crippen LogP contribution in [0.4, 0.5) is 0 Å². The van der Waals surface area contributed by atoms with Crippen LogP contribution in [0.2, 0.25) is 0 Å². The first-order valence-electron chi connectivity index (χ1n) is 23.2. The Labute approximate surface area is 324 Å². The molecule has 0 aromatic carbocycles. The van der Waals surface area contributed by atoms with Crippen molar-refractivity contribution >= 4 is 11.9 Å². The molecule has 0 saturated heterocycles. The van der Waals surface area contributed by atoms with Crippen molar-refractivity contribution in [2.75, 3.05) is 13.2 Å². The molecule has 0 aliphatic rings. The number of hydrogen-bond acceptors (Lipinski definition) is 5. The number of esters is 2. The van der Waals surface area contributed by atoms with Crippen LogP contribution in [-0.2, 0) is 19.1 Å². The third-order valence-electron chi connectivity index (χ3n) is 10.6. The molecule has 0 aliphatic carbocycles. The van der Waals surface area contributed by atoms with E-state index in [9.17, 15) is 14.7 Å². The van der Waals surface area contributed by atoms with Gasteiger partial charge in [0.05, 0.1) is 6.61 Å². The number of allylic oxidation sites excluding steroid dienone is 2. The van der Waals surface area contributed by atoms with Crippen LogP contribution < -0.4 is 0 Å². The van der Waals surface area contributed by atoms with E-state index in [2.05, 4.69) is 26.0 Å². The zero-order valence-electron chi connectivity index (χ0n) is 35.1. The van der Waals surface area contributed by atoms with Gasteiger partial charge in [0, 0.05) is 12.8 Å². The van der Waals surface area contributed by atoms with Gasteiger partial charge in [-0.1, -0.05) is 219 Å². The molecule has 0 bridgehead atoms. The van der Waals surface area contributed by atoms with Gasteiger partial charge >= 0.3 is 11.9 Å². The standard InChI is InChI=1S/C47H90O5/c1-3-5-7-9-11-13-15-17-19-21-22-23-24-26-28-30-32-34-36-38-40-42-47(50)52-45(43-48)44-51-46(49)41-39-37-35-33-31-29-27-25-20-18-16-14-12-10-8-6-4-2/h17,19,45,48H,3-16,18,20-44H2,1-2H3/t45-/m0/s1. The fraction of sp³-hybridized carbons (Fsp3) is 0.915. The minimum atomic E-state index is -0.765.